The van der Waals surface area contributed by atoms with E-state index >= 15 is 0 Å². The summed E-state index contributed by atoms with van der Waals surface area (Å²) < 4.78 is 0. The van der Waals surface area contributed by atoms with Crippen molar-refractivity contribution in [1.82, 2.24) is 20.1 Å². The number of rotatable bonds is 7. The van der Waals surface area contributed by atoms with Gasteiger partial charge in [-0.1, -0.05) is 0 Å². The van der Waals surface area contributed by atoms with Gasteiger partial charge >= 0.3 is 0 Å². The first-order valence-electron chi connectivity index (χ1n) is 9.16. The standard InChI is InChI=1S/C18H24N6O2S/c1-23-9-5-14-15(12-23)27-18(22-14)21-11-13(10-19)17(26)20-6-3-8-24-7-2-4-16(24)25/h11H,2-9,12H2,1H3,(H,20,26)(H,21,22)/b13-11-. The van der Waals surface area contributed by atoms with Crippen LogP contribution in [0.1, 0.15) is 29.8 Å². The van der Waals surface area contributed by atoms with E-state index in [-0.39, 0.29) is 11.5 Å². The maximum Gasteiger partial charge on any atom is 0.263 e. The van der Waals surface area contributed by atoms with Gasteiger partial charge in [0.05, 0.1) is 5.69 Å². The molecule has 8 nitrogen and oxygen atoms in total. The molecule has 1 saturated heterocycles. The van der Waals surface area contributed by atoms with E-state index in [1.165, 1.54) is 11.1 Å². The third-order valence-electron chi connectivity index (χ3n) is 4.69. The normalized spacial score (nSPS) is 17.6. The van der Waals surface area contributed by atoms with Gasteiger partial charge in [0.1, 0.15) is 11.6 Å². The summed E-state index contributed by atoms with van der Waals surface area (Å²) in [6.45, 7) is 3.74. The minimum atomic E-state index is -0.418. The number of nitriles is 1. The second-order valence-electron chi connectivity index (χ2n) is 6.78. The van der Waals surface area contributed by atoms with Gasteiger partial charge in [-0.2, -0.15) is 5.26 Å². The summed E-state index contributed by atoms with van der Waals surface area (Å²) in [4.78, 5) is 33.5. The number of thiazole rings is 1. The molecule has 0 radical (unpaired) electrons. The van der Waals surface area contributed by atoms with E-state index in [0.717, 1.165) is 38.2 Å². The van der Waals surface area contributed by atoms with E-state index in [1.807, 2.05) is 11.0 Å². The Kier molecular flexibility index (Phi) is 6.42. The highest BCUT2D eigenvalue weighted by Gasteiger charge is 2.20. The third-order valence-corrected chi connectivity index (χ3v) is 5.70. The molecule has 0 saturated carbocycles. The number of nitrogens with zero attached hydrogens (tertiary/aromatic N) is 4. The lowest BCUT2D eigenvalue weighted by molar-refractivity contribution is -0.127. The highest BCUT2D eigenvalue weighted by Crippen LogP contribution is 2.27. The number of nitrogens with one attached hydrogen (secondary N) is 2. The summed E-state index contributed by atoms with van der Waals surface area (Å²) in [6, 6.07) is 1.92. The summed E-state index contributed by atoms with van der Waals surface area (Å²) in [5.74, 6) is -0.237. The van der Waals surface area contributed by atoms with E-state index in [0.29, 0.717) is 31.1 Å². The molecule has 0 unspecified atom stereocenters. The monoisotopic (exact) mass is 388 g/mol. The molecular formula is C18H24N6O2S. The second kappa shape index (κ2) is 8.97. The molecule has 0 spiro atoms. The Morgan fingerprint density at radius 1 is 1.41 bits per heavy atom. The lowest BCUT2D eigenvalue weighted by atomic mass is 10.2. The third kappa shape index (κ3) is 5.05. The van der Waals surface area contributed by atoms with Crippen LogP contribution in [-0.4, -0.2) is 59.8 Å². The van der Waals surface area contributed by atoms with Crippen LogP contribution in [0.2, 0.25) is 0 Å². The van der Waals surface area contributed by atoms with Gasteiger partial charge in [0.15, 0.2) is 5.13 Å². The van der Waals surface area contributed by atoms with Crippen LogP contribution in [0.4, 0.5) is 5.13 Å². The van der Waals surface area contributed by atoms with Crippen LogP contribution in [0.25, 0.3) is 0 Å². The molecule has 3 heterocycles. The molecule has 0 aliphatic carbocycles. The number of likely N-dealkylation sites (tertiary alicyclic amines) is 1. The lowest BCUT2D eigenvalue weighted by Crippen LogP contribution is -2.31. The Bertz CT molecular complexity index is 781. The van der Waals surface area contributed by atoms with Crippen LogP contribution < -0.4 is 10.6 Å². The largest absolute Gasteiger partial charge is 0.351 e. The quantitative estimate of drug-likeness (QED) is 0.412. The number of aromatic nitrogens is 1. The van der Waals surface area contributed by atoms with Crippen LogP contribution in [0, 0.1) is 11.3 Å². The first-order valence-corrected chi connectivity index (χ1v) is 9.98. The Morgan fingerprint density at radius 3 is 3.00 bits per heavy atom. The van der Waals surface area contributed by atoms with Crippen LogP contribution in [0.15, 0.2) is 11.8 Å². The van der Waals surface area contributed by atoms with Crippen LogP contribution in [0.5, 0.6) is 0 Å². The maximum atomic E-state index is 12.1. The van der Waals surface area contributed by atoms with Gasteiger partial charge in [-0.15, -0.1) is 11.3 Å². The lowest BCUT2D eigenvalue weighted by Gasteiger charge is -2.20. The highest BCUT2D eigenvalue weighted by atomic mass is 32.1. The summed E-state index contributed by atoms with van der Waals surface area (Å²) in [5.41, 5.74) is 1.10. The Morgan fingerprint density at radius 2 is 2.26 bits per heavy atom. The fraction of sp³-hybridized carbons (Fsp3) is 0.556. The van der Waals surface area contributed by atoms with Gasteiger partial charge in [0.25, 0.3) is 5.91 Å². The smallest absolute Gasteiger partial charge is 0.263 e. The minimum Gasteiger partial charge on any atom is -0.351 e. The molecule has 144 valence electrons. The van der Waals surface area contributed by atoms with Crippen molar-refractivity contribution >= 4 is 28.3 Å². The van der Waals surface area contributed by atoms with Crippen molar-refractivity contribution in [3.63, 3.8) is 0 Å². The highest BCUT2D eigenvalue weighted by molar-refractivity contribution is 7.15. The summed E-state index contributed by atoms with van der Waals surface area (Å²) in [5, 5.41) is 15.6. The van der Waals surface area contributed by atoms with Crippen molar-refractivity contribution in [2.45, 2.75) is 32.2 Å². The van der Waals surface area contributed by atoms with Crippen LogP contribution in [0.3, 0.4) is 0 Å². The first kappa shape index (κ1) is 19.3. The Labute approximate surface area is 162 Å². The maximum absolute atomic E-state index is 12.1. The van der Waals surface area contributed by atoms with E-state index in [9.17, 15) is 14.9 Å². The van der Waals surface area contributed by atoms with Gasteiger partial charge in [-0.3, -0.25) is 9.59 Å². The molecule has 1 aromatic rings. The number of fused-ring (bicyclic) bond motifs is 1. The molecule has 2 amide bonds. The molecule has 9 heteroatoms. The van der Waals surface area contributed by atoms with Crippen molar-refractivity contribution in [2.24, 2.45) is 0 Å². The first-order chi connectivity index (χ1) is 13.1. The van der Waals surface area contributed by atoms with Crippen LogP contribution in [-0.2, 0) is 22.6 Å². The van der Waals surface area contributed by atoms with Crippen LogP contribution >= 0.6 is 11.3 Å². The number of hydrogen-bond acceptors (Lipinski definition) is 7. The molecule has 2 N–H and O–H groups in total. The second-order valence-corrected chi connectivity index (χ2v) is 7.87. The van der Waals surface area contributed by atoms with Crippen molar-refractivity contribution in [2.75, 3.05) is 38.5 Å². The van der Waals surface area contributed by atoms with Gasteiger partial charge in [-0.25, -0.2) is 4.98 Å². The van der Waals surface area contributed by atoms with Crippen molar-refractivity contribution < 1.29 is 9.59 Å². The molecule has 27 heavy (non-hydrogen) atoms. The molecule has 1 fully saturated rings. The Hall–Kier alpha value is -2.44. The molecule has 0 bridgehead atoms. The number of carbonyl (C=O) groups is 2. The Balaban J connectivity index is 1.46. The molecular weight excluding hydrogens is 364 g/mol. The number of carbonyl (C=O) groups excluding carboxylic acids is 2. The summed E-state index contributed by atoms with van der Waals surface area (Å²) >= 11 is 1.55. The zero-order valence-corrected chi connectivity index (χ0v) is 16.3. The zero-order chi connectivity index (χ0) is 19.2. The predicted octanol–water partition coefficient (Wildman–Crippen LogP) is 1.08. The van der Waals surface area contributed by atoms with E-state index in [2.05, 4.69) is 27.6 Å². The fourth-order valence-electron chi connectivity index (χ4n) is 3.17. The minimum absolute atomic E-state index is 0.0116. The van der Waals surface area contributed by atoms with E-state index in [4.69, 9.17) is 0 Å². The topological polar surface area (TPSA) is 101 Å². The fourth-order valence-corrected chi connectivity index (χ4v) is 4.23. The summed E-state index contributed by atoms with van der Waals surface area (Å²) in [7, 11) is 2.08. The molecule has 2 aliphatic heterocycles. The average molecular weight is 388 g/mol. The van der Waals surface area contributed by atoms with Gasteiger partial charge in [-0.05, 0) is 19.9 Å². The van der Waals surface area contributed by atoms with Crippen molar-refractivity contribution in [3.8, 4) is 6.07 Å². The molecule has 1 aromatic heterocycles. The van der Waals surface area contributed by atoms with E-state index < -0.39 is 5.91 Å². The number of amides is 2. The molecule has 0 aromatic carbocycles. The van der Waals surface area contributed by atoms with E-state index in [1.54, 1.807) is 11.3 Å². The number of anilines is 1. The SMILES string of the molecule is CN1CCc2nc(N/C=C(/C#N)C(=O)NCCCN3CCCC3=O)sc2C1. The van der Waals surface area contributed by atoms with Gasteiger partial charge in [0, 0.05) is 56.6 Å². The average Bonchev–Trinajstić information content (AvgIpc) is 3.24. The van der Waals surface area contributed by atoms with Crippen molar-refractivity contribution in [1.29, 1.82) is 5.26 Å². The van der Waals surface area contributed by atoms with Gasteiger partial charge < -0.3 is 20.4 Å². The molecule has 2 aliphatic rings. The van der Waals surface area contributed by atoms with Gasteiger partial charge in [0.2, 0.25) is 5.91 Å². The number of hydrogen-bond donors (Lipinski definition) is 2. The molecule has 3 rings (SSSR count). The number of likely N-dealkylation sites (N-methyl/N-ethyl adjacent to an activating group) is 1. The summed E-state index contributed by atoms with van der Waals surface area (Å²) in [6.07, 6.45) is 4.53. The van der Waals surface area contributed by atoms with Crippen molar-refractivity contribution in [3.05, 3.63) is 22.3 Å². The predicted molar refractivity (Wildman–Crippen MR) is 103 cm³/mol. The zero-order valence-electron chi connectivity index (χ0n) is 15.5. The molecule has 0 atom stereocenters.